The van der Waals surface area contributed by atoms with Crippen molar-refractivity contribution in [3.63, 3.8) is 0 Å². The maximum atomic E-state index is 11.8. The van der Waals surface area contributed by atoms with Crippen molar-refractivity contribution >= 4 is 19.3 Å². The first kappa shape index (κ1) is 14.1. The summed E-state index contributed by atoms with van der Waals surface area (Å²) in [6.07, 6.45) is 0.934. The fraction of sp³-hybridized carbons (Fsp3) is 0.533. The predicted octanol–water partition coefficient (Wildman–Crippen LogP) is 1.18. The van der Waals surface area contributed by atoms with Crippen molar-refractivity contribution in [1.82, 2.24) is 4.90 Å². The number of hydrogen-bond donors (Lipinski definition) is 0. The van der Waals surface area contributed by atoms with Crippen molar-refractivity contribution in [3.05, 3.63) is 29.3 Å². The average molecular weight is 257 g/mol. The fourth-order valence-electron chi connectivity index (χ4n) is 2.32. The van der Waals surface area contributed by atoms with Crippen LogP contribution < -0.4 is 5.46 Å². The van der Waals surface area contributed by atoms with E-state index in [9.17, 15) is 4.79 Å². The van der Waals surface area contributed by atoms with Crippen LogP contribution in [0, 0.1) is 0 Å². The Morgan fingerprint density at radius 2 is 2.11 bits per heavy atom. The minimum Gasteiger partial charge on any atom is -0.459 e. The van der Waals surface area contributed by atoms with Crippen molar-refractivity contribution in [1.29, 1.82) is 0 Å². The van der Waals surface area contributed by atoms with E-state index in [1.165, 1.54) is 11.1 Å². The van der Waals surface area contributed by atoms with Gasteiger partial charge in [-0.3, -0.25) is 9.69 Å². The summed E-state index contributed by atoms with van der Waals surface area (Å²) in [4.78, 5) is 13.9. The second kappa shape index (κ2) is 5.37. The summed E-state index contributed by atoms with van der Waals surface area (Å²) in [6, 6.07) is 5.99. The Labute approximate surface area is 116 Å². The van der Waals surface area contributed by atoms with E-state index in [1.807, 2.05) is 39.0 Å². The highest BCUT2D eigenvalue weighted by Crippen LogP contribution is 2.18. The van der Waals surface area contributed by atoms with Gasteiger partial charge in [0.25, 0.3) is 0 Å². The standard InChI is InChI=1S/C15H20BNO2/c1-15(2,3)19-14(18)10-17-7-6-11-8-13(16)5-4-12(11)9-17/h4-5,8H,6-7,9-10H2,1-3H3. The number of ether oxygens (including phenoxy) is 1. The van der Waals surface area contributed by atoms with Crippen molar-refractivity contribution in [2.45, 2.75) is 39.3 Å². The van der Waals surface area contributed by atoms with Gasteiger partial charge in [0.1, 0.15) is 13.4 Å². The monoisotopic (exact) mass is 257 g/mol. The van der Waals surface area contributed by atoms with Gasteiger partial charge in [-0.15, -0.1) is 0 Å². The highest BCUT2D eigenvalue weighted by molar-refractivity contribution is 6.32. The maximum absolute atomic E-state index is 11.8. The Kier molecular flexibility index (Phi) is 4.00. The molecule has 19 heavy (non-hydrogen) atoms. The molecule has 1 aliphatic heterocycles. The van der Waals surface area contributed by atoms with Crippen LogP contribution in [-0.2, 0) is 22.5 Å². The average Bonchev–Trinajstić information content (AvgIpc) is 2.26. The van der Waals surface area contributed by atoms with Gasteiger partial charge in [0.2, 0.25) is 0 Å². The van der Waals surface area contributed by atoms with E-state index < -0.39 is 5.60 Å². The van der Waals surface area contributed by atoms with Gasteiger partial charge in [0, 0.05) is 13.1 Å². The molecule has 0 aliphatic carbocycles. The molecule has 2 radical (unpaired) electrons. The van der Waals surface area contributed by atoms with Crippen LogP contribution in [0.3, 0.4) is 0 Å². The molecule has 0 aromatic heterocycles. The third-order valence-corrected chi connectivity index (χ3v) is 3.09. The van der Waals surface area contributed by atoms with E-state index >= 15 is 0 Å². The lowest BCUT2D eigenvalue weighted by molar-refractivity contribution is -0.156. The topological polar surface area (TPSA) is 29.5 Å². The second-order valence-electron chi connectivity index (χ2n) is 6.08. The van der Waals surface area contributed by atoms with Crippen LogP contribution in [-0.4, -0.2) is 37.4 Å². The smallest absolute Gasteiger partial charge is 0.320 e. The van der Waals surface area contributed by atoms with E-state index in [2.05, 4.69) is 4.90 Å². The number of rotatable bonds is 2. The Hall–Kier alpha value is -1.29. The number of hydrogen-bond acceptors (Lipinski definition) is 3. The van der Waals surface area contributed by atoms with Crippen LogP contribution >= 0.6 is 0 Å². The lowest BCUT2D eigenvalue weighted by atomic mass is 9.89. The number of fused-ring (bicyclic) bond motifs is 1. The number of carbonyl (C=O) groups excluding carboxylic acids is 1. The molecule has 0 bridgehead atoms. The van der Waals surface area contributed by atoms with E-state index in [4.69, 9.17) is 12.6 Å². The number of esters is 1. The van der Waals surface area contributed by atoms with E-state index in [-0.39, 0.29) is 5.97 Å². The molecule has 4 heteroatoms. The van der Waals surface area contributed by atoms with E-state index in [0.717, 1.165) is 25.0 Å². The third kappa shape index (κ3) is 4.10. The number of nitrogens with zero attached hydrogens (tertiary/aromatic N) is 1. The van der Waals surface area contributed by atoms with Gasteiger partial charge in [0.05, 0.1) is 6.54 Å². The normalized spacial score (nSPS) is 15.9. The molecule has 1 aromatic carbocycles. The van der Waals surface area contributed by atoms with Crippen molar-refractivity contribution < 1.29 is 9.53 Å². The van der Waals surface area contributed by atoms with Gasteiger partial charge < -0.3 is 4.74 Å². The first-order chi connectivity index (χ1) is 8.83. The third-order valence-electron chi connectivity index (χ3n) is 3.09. The summed E-state index contributed by atoms with van der Waals surface area (Å²) in [5.41, 5.74) is 2.93. The summed E-state index contributed by atoms with van der Waals surface area (Å²) < 4.78 is 5.35. The molecule has 100 valence electrons. The van der Waals surface area contributed by atoms with Gasteiger partial charge in [-0.05, 0) is 38.3 Å². The molecule has 0 saturated heterocycles. The number of carbonyl (C=O) groups is 1. The second-order valence-corrected chi connectivity index (χ2v) is 6.08. The molecule has 2 rings (SSSR count). The van der Waals surface area contributed by atoms with Crippen LogP contribution in [0.25, 0.3) is 0 Å². The Morgan fingerprint density at radius 1 is 1.37 bits per heavy atom. The molecule has 0 spiro atoms. The van der Waals surface area contributed by atoms with Crippen LogP contribution in [0.5, 0.6) is 0 Å². The van der Waals surface area contributed by atoms with Crippen LogP contribution in [0.15, 0.2) is 18.2 Å². The van der Waals surface area contributed by atoms with Gasteiger partial charge >= 0.3 is 5.97 Å². The lowest BCUT2D eigenvalue weighted by Crippen LogP contribution is -2.38. The summed E-state index contributed by atoms with van der Waals surface area (Å²) in [5.74, 6) is -0.161. The minimum atomic E-state index is -0.417. The Bertz CT molecular complexity index is 480. The first-order valence-corrected chi connectivity index (χ1v) is 6.65. The summed E-state index contributed by atoms with van der Waals surface area (Å²) in [5, 5.41) is 0. The largest absolute Gasteiger partial charge is 0.459 e. The van der Waals surface area contributed by atoms with Crippen LogP contribution in [0.1, 0.15) is 31.9 Å². The molecule has 1 aliphatic rings. The molecular formula is C15H20BNO2. The Morgan fingerprint density at radius 3 is 2.79 bits per heavy atom. The van der Waals surface area contributed by atoms with Gasteiger partial charge in [-0.2, -0.15) is 0 Å². The summed E-state index contributed by atoms with van der Waals surface area (Å²) in [7, 11) is 5.78. The predicted molar refractivity (Wildman–Crippen MR) is 76.7 cm³/mol. The zero-order valence-electron chi connectivity index (χ0n) is 11.9. The van der Waals surface area contributed by atoms with E-state index in [0.29, 0.717) is 6.54 Å². The molecule has 0 fully saturated rings. The lowest BCUT2D eigenvalue weighted by Gasteiger charge is -2.29. The Balaban J connectivity index is 1.95. The first-order valence-electron chi connectivity index (χ1n) is 6.65. The molecule has 0 saturated carbocycles. The highest BCUT2D eigenvalue weighted by Gasteiger charge is 2.22. The quantitative estimate of drug-likeness (QED) is 0.588. The molecular weight excluding hydrogens is 237 g/mol. The van der Waals surface area contributed by atoms with Crippen LogP contribution in [0.4, 0.5) is 0 Å². The van der Waals surface area contributed by atoms with Gasteiger partial charge in [0.15, 0.2) is 0 Å². The molecule has 0 amide bonds. The van der Waals surface area contributed by atoms with Gasteiger partial charge in [-0.1, -0.05) is 23.7 Å². The molecule has 3 nitrogen and oxygen atoms in total. The van der Waals surface area contributed by atoms with Gasteiger partial charge in [-0.25, -0.2) is 0 Å². The zero-order chi connectivity index (χ0) is 14.0. The van der Waals surface area contributed by atoms with Crippen molar-refractivity contribution in [2.24, 2.45) is 0 Å². The fourth-order valence-corrected chi connectivity index (χ4v) is 2.32. The highest BCUT2D eigenvalue weighted by atomic mass is 16.6. The minimum absolute atomic E-state index is 0.161. The van der Waals surface area contributed by atoms with Crippen molar-refractivity contribution in [3.8, 4) is 0 Å². The maximum Gasteiger partial charge on any atom is 0.320 e. The SMILES string of the molecule is [B]c1ccc2c(c1)CCN(CC(=O)OC(C)(C)C)C2. The molecule has 0 unspecified atom stereocenters. The van der Waals surface area contributed by atoms with Crippen LogP contribution in [0.2, 0.25) is 0 Å². The number of benzene rings is 1. The summed E-state index contributed by atoms with van der Waals surface area (Å²) >= 11 is 0. The molecule has 1 aromatic rings. The molecule has 0 atom stereocenters. The zero-order valence-corrected chi connectivity index (χ0v) is 11.9. The molecule has 0 N–H and O–H groups in total. The molecule has 1 heterocycles. The van der Waals surface area contributed by atoms with E-state index in [1.54, 1.807) is 0 Å². The van der Waals surface area contributed by atoms with Crippen molar-refractivity contribution in [2.75, 3.05) is 13.1 Å². The summed E-state index contributed by atoms with van der Waals surface area (Å²) in [6.45, 7) is 7.67.